The largest absolute Gasteiger partial charge is 0.479 e. The lowest BCUT2D eigenvalue weighted by atomic mass is 10.2. The van der Waals surface area contributed by atoms with Gasteiger partial charge in [-0.15, -0.1) is 0 Å². The minimum Gasteiger partial charge on any atom is -0.479 e. The van der Waals surface area contributed by atoms with E-state index in [-0.39, 0.29) is 11.8 Å². The predicted octanol–water partition coefficient (Wildman–Crippen LogP) is 4.46. The number of rotatable bonds is 6. The van der Waals surface area contributed by atoms with Crippen LogP contribution in [0.3, 0.4) is 0 Å². The average Bonchev–Trinajstić information content (AvgIpc) is 2.75. The number of benzene rings is 2. The van der Waals surface area contributed by atoms with Crippen LogP contribution < -0.4 is 15.0 Å². The first-order chi connectivity index (χ1) is 14.4. The third-order valence-corrected chi connectivity index (χ3v) is 5.53. The first kappa shape index (κ1) is 22.2. The Kier molecular flexibility index (Phi) is 7.45. The average molecular weight is 450 g/mol. The van der Waals surface area contributed by atoms with Crippen molar-refractivity contribution in [2.24, 2.45) is 0 Å². The van der Waals surface area contributed by atoms with E-state index in [0.717, 1.165) is 5.69 Å². The van der Waals surface area contributed by atoms with E-state index in [0.29, 0.717) is 54.1 Å². The fraction of sp³-hybridized carbons (Fsp3) is 0.364. The van der Waals surface area contributed by atoms with Crippen LogP contribution in [0.25, 0.3) is 0 Å². The van der Waals surface area contributed by atoms with Crippen molar-refractivity contribution in [2.75, 3.05) is 36.4 Å². The summed E-state index contributed by atoms with van der Waals surface area (Å²) in [6, 6.07) is 12.5. The van der Waals surface area contributed by atoms with Crippen molar-refractivity contribution in [1.29, 1.82) is 0 Å². The zero-order chi connectivity index (χ0) is 21.7. The van der Waals surface area contributed by atoms with E-state index in [4.69, 9.17) is 27.9 Å². The second-order valence-corrected chi connectivity index (χ2v) is 7.91. The van der Waals surface area contributed by atoms with Crippen molar-refractivity contribution in [1.82, 2.24) is 4.90 Å². The summed E-state index contributed by atoms with van der Waals surface area (Å²) in [6.07, 6.45) is -0.238. The number of anilines is 2. The Hall–Kier alpha value is -2.44. The number of carbonyl (C=O) groups is 2. The fourth-order valence-electron chi connectivity index (χ4n) is 3.32. The summed E-state index contributed by atoms with van der Waals surface area (Å²) in [5.74, 6) is 0.282. The van der Waals surface area contributed by atoms with Gasteiger partial charge in [-0.1, -0.05) is 42.3 Å². The molecule has 1 heterocycles. The van der Waals surface area contributed by atoms with Gasteiger partial charge in [0.25, 0.3) is 5.91 Å². The molecule has 30 heavy (non-hydrogen) atoms. The van der Waals surface area contributed by atoms with Gasteiger partial charge in [0.1, 0.15) is 5.75 Å². The Balaban J connectivity index is 1.65. The molecular formula is C22H25Cl2N3O3. The molecular weight excluding hydrogens is 425 g/mol. The zero-order valence-corrected chi connectivity index (χ0v) is 18.5. The van der Waals surface area contributed by atoms with Gasteiger partial charge >= 0.3 is 0 Å². The number of nitrogens with zero attached hydrogens (tertiary/aromatic N) is 2. The van der Waals surface area contributed by atoms with Crippen LogP contribution in [0.2, 0.25) is 10.0 Å². The molecule has 1 unspecified atom stereocenters. The molecule has 1 aliphatic heterocycles. The molecule has 8 heteroatoms. The van der Waals surface area contributed by atoms with Crippen LogP contribution in [0.1, 0.15) is 20.3 Å². The van der Waals surface area contributed by atoms with E-state index in [1.54, 1.807) is 25.1 Å². The van der Waals surface area contributed by atoms with Crippen LogP contribution in [-0.2, 0) is 9.59 Å². The summed E-state index contributed by atoms with van der Waals surface area (Å²) in [7, 11) is 0. The Morgan fingerprint density at radius 1 is 1.10 bits per heavy atom. The van der Waals surface area contributed by atoms with Crippen LogP contribution in [0.15, 0.2) is 42.5 Å². The topological polar surface area (TPSA) is 61.9 Å². The molecule has 2 aromatic rings. The molecule has 0 aromatic heterocycles. The summed E-state index contributed by atoms with van der Waals surface area (Å²) in [5.41, 5.74) is 1.63. The Morgan fingerprint density at radius 3 is 2.47 bits per heavy atom. The van der Waals surface area contributed by atoms with E-state index in [9.17, 15) is 9.59 Å². The standard InChI is InChI=1S/C22H25Cl2N3O3/c1-3-21(28)27-12-10-26(11-13-27)19-7-5-4-6-18(19)25-22(29)15(2)30-20-9-8-16(23)14-17(20)24/h4-9,14-15H,3,10-13H2,1-2H3,(H,25,29). The molecule has 3 rings (SSSR count). The summed E-state index contributed by atoms with van der Waals surface area (Å²) in [4.78, 5) is 28.7. The second-order valence-electron chi connectivity index (χ2n) is 7.06. The lowest BCUT2D eigenvalue weighted by molar-refractivity contribution is -0.131. The van der Waals surface area contributed by atoms with Crippen molar-refractivity contribution in [3.63, 3.8) is 0 Å². The molecule has 0 radical (unpaired) electrons. The monoisotopic (exact) mass is 449 g/mol. The lowest BCUT2D eigenvalue weighted by Crippen LogP contribution is -2.48. The Morgan fingerprint density at radius 2 is 1.80 bits per heavy atom. The quantitative estimate of drug-likeness (QED) is 0.706. The van der Waals surface area contributed by atoms with Gasteiger partial charge in [-0.3, -0.25) is 9.59 Å². The van der Waals surface area contributed by atoms with Crippen LogP contribution in [0.4, 0.5) is 11.4 Å². The molecule has 1 atom stereocenters. The van der Waals surface area contributed by atoms with Crippen molar-refractivity contribution in [2.45, 2.75) is 26.4 Å². The Labute approximate surface area is 186 Å². The van der Waals surface area contributed by atoms with Gasteiger partial charge < -0.3 is 19.9 Å². The zero-order valence-electron chi connectivity index (χ0n) is 17.0. The number of para-hydroxylation sites is 2. The first-order valence-electron chi connectivity index (χ1n) is 9.93. The van der Waals surface area contributed by atoms with Crippen molar-refractivity contribution in [3.8, 4) is 5.75 Å². The highest BCUT2D eigenvalue weighted by Crippen LogP contribution is 2.30. The number of ether oxygens (including phenoxy) is 1. The molecule has 1 fully saturated rings. The molecule has 1 N–H and O–H groups in total. The van der Waals surface area contributed by atoms with E-state index in [2.05, 4.69) is 10.2 Å². The smallest absolute Gasteiger partial charge is 0.265 e. The number of hydrogen-bond donors (Lipinski definition) is 1. The molecule has 2 aromatic carbocycles. The highest BCUT2D eigenvalue weighted by Gasteiger charge is 2.23. The second kappa shape index (κ2) is 10.0. The minimum absolute atomic E-state index is 0.170. The van der Waals surface area contributed by atoms with Gasteiger partial charge in [-0.2, -0.15) is 0 Å². The van der Waals surface area contributed by atoms with Crippen LogP contribution in [-0.4, -0.2) is 49.0 Å². The molecule has 0 bridgehead atoms. The number of amides is 2. The summed E-state index contributed by atoms with van der Waals surface area (Å²) in [6.45, 7) is 6.31. The van der Waals surface area contributed by atoms with Gasteiger partial charge in [-0.05, 0) is 37.3 Å². The van der Waals surface area contributed by atoms with E-state index in [1.165, 1.54) is 0 Å². The van der Waals surface area contributed by atoms with Crippen LogP contribution in [0, 0.1) is 0 Å². The SMILES string of the molecule is CCC(=O)N1CCN(c2ccccc2NC(=O)C(C)Oc2ccc(Cl)cc2Cl)CC1. The molecule has 2 amide bonds. The number of piperazine rings is 1. The number of carbonyl (C=O) groups excluding carboxylic acids is 2. The maximum Gasteiger partial charge on any atom is 0.265 e. The van der Waals surface area contributed by atoms with E-state index < -0.39 is 6.10 Å². The summed E-state index contributed by atoms with van der Waals surface area (Å²) in [5, 5.41) is 3.80. The first-order valence-corrected chi connectivity index (χ1v) is 10.7. The van der Waals surface area contributed by atoms with E-state index in [1.807, 2.05) is 36.1 Å². The molecule has 1 saturated heterocycles. The number of hydrogen-bond acceptors (Lipinski definition) is 4. The summed E-state index contributed by atoms with van der Waals surface area (Å²) >= 11 is 12.0. The highest BCUT2D eigenvalue weighted by molar-refractivity contribution is 6.35. The molecule has 0 saturated carbocycles. The maximum absolute atomic E-state index is 12.7. The minimum atomic E-state index is -0.754. The molecule has 0 aliphatic carbocycles. The molecule has 160 valence electrons. The maximum atomic E-state index is 12.7. The van der Waals surface area contributed by atoms with Gasteiger partial charge in [0.05, 0.1) is 16.4 Å². The van der Waals surface area contributed by atoms with Crippen molar-refractivity contribution < 1.29 is 14.3 Å². The van der Waals surface area contributed by atoms with Gasteiger partial charge in [0, 0.05) is 37.6 Å². The van der Waals surface area contributed by atoms with Gasteiger partial charge in [-0.25, -0.2) is 0 Å². The molecule has 0 spiro atoms. The third-order valence-electron chi connectivity index (χ3n) is 5.00. The van der Waals surface area contributed by atoms with Crippen LogP contribution >= 0.6 is 23.2 Å². The number of nitrogens with one attached hydrogen (secondary N) is 1. The Bertz CT molecular complexity index is 914. The van der Waals surface area contributed by atoms with Crippen molar-refractivity contribution >= 4 is 46.4 Å². The lowest BCUT2D eigenvalue weighted by Gasteiger charge is -2.37. The molecule has 6 nitrogen and oxygen atoms in total. The third kappa shape index (κ3) is 5.37. The highest BCUT2D eigenvalue weighted by atomic mass is 35.5. The van der Waals surface area contributed by atoms with E-state index >= 15 is 0 Å². The van der Waals surface area contributed by atoms with Crippen LogP contribution in [0.5, 0.6) is 5.75 Å². The summed E-state index contributed by atoms with van der Waals surface area (Å²) < 4.78 is 5.71. The predicted molar refractivity (Wildman–Crippen MR) is 121 cm³/mol. The normalized spacial score (nSPS) is 14.9. The van der Waals surface area contributed by atoms with Gasteiger partial charge in [0.2, 0.25) is 5.91 Å². The van der Waals surface area contributed by atoms with Crippen molar-refractivity contribution in [3.05, 3.63) is 52.5 Å². The fourth-order valence-corrected chi connectivity index (χ4v) is 3.78. The molecule has 1 aliphatic rings. The van der Waals surface area contributed by atoms with Gasteiger partial charge in [0.15, 0.2) is 6.10 Å². The number of halogens is 2.